The molecule has 0 aliphatic rings. The van der Waals surface area contributed by atoms with Gasteiger partial charge in [-0.2, -0.15) is 5.10 Å². The summed E-state index contributed by atoms with van der Waals surface area (Å²) >= 11 is 4.06. The van der Waals surface area contributed by atoms with Crippen LogP contribution in [-0.2, 0) is 11.2 Å². The predicted molar refractivity (Wildman–Crippen MR) is 71.4 cm³/mol. The number of nitrogens with zero attached hydrogens (tertiary/aromatic N) is 2. The van der Waals surface area contributed by atoms with Crippen LogP contribution in [0.5, 0.6) is 0 Å². The Hall–Kier alpha value is -1.22. The Morgan fingerprint density at radius 1 is 1.44 bits per heavy atom. The molecule has 4 nitrogen and oxygen atoms in total. The number of aryl methyl sites for hydroxylation is 2. The SMILES string of the molecule is Cc1cc(CCC(=O)O)ccc1-c1nn[c]([Al])s1. The van der Waals surface area contributed by atoms with Crippen LogP contribution < -0.4 is 3.87 Å². The van der Waals surface area contributed by atoms with E-state index in [4.69, 9.17) is 5.11 Å². The standard InChI is InChI=1S/C12H11N2O2S.Al/c1-8-6-9(3-5-11(15)16)2-4-10(8)12-14-13-7-17-12;/h2,4,6H,3,5H2,1H3,(H,15,16);. The number of rotatable bonds is 4. The van der Waals surface area contributed by atoms with Crippen LogP contribution in [0.2, 0.25) is 0 Å². The van der Waals surface area contributed by atoms with Crippen molar-refractivity contribution in [2.45, 2.75) is 19.8 Å². The summed E-state index contributed by atoms with van der Waals surface area (Å²) in [7, 11) is 0. The fraction of sp³-hybridized carbons (Fsp3) is 0.250. The largest absolute Gasteiger partial charge is 0.481 e. The molecular formula is C12H11AlN2O2S. The molecule has 1 heterocycles. The predicted octanol–water partition coefficient (Wildman–Crippen LogP) is 1.32. The molecule has 0 bridgehead atoms. The number of hydrogen-bond donors (Lipinski definition) is 1. The summed E-state index contributed by atoms with van der Waals surface area (Å²) in [5.74, 6) is -0.770. The molecule has 1 aromatic carbocycles. The van der Waals surface area contributed by atoms with Crippen molar-refractivity contribution in [1.29, 1.82) is 0 Å². The monoisotopic (exact) mass is 274 g/mol. The average molecular weight is 274 g/mol. The van der Waals surface area contributed by atoms with E-state index in [-0.39, 0.29) is 6.42 Å². The molecule has 0 saturated carbocycles. The zero-order valence-corrected chi connectivity index (χ0v) is 11.9. The lowest BCUT2D eigenvalue weighted by molar-refractivity contribution is -0.136. The number of aromatic nitrogens is 2. The molecule has 2 rings (SSSR count). The van der Waals surface area contributed by atoms with E-state index in [2.05, 4.69) is 26.5 Å². The molecule has 2 aromatic rings. The van der Waals surface area contributed by atoms with E-state index in [1.807, 2.05) is 25.1 Å². The molecule has 0 fully saturated rings. The molecule has 1 aromatic heterocycles. The average Bonchev–Trinajstić information content (AvgIpc) is 2.73. The van der Waals surface area contributed by atoms with E-state index in [1.54, 1.807) is 0 Å². The Kier molecular flexibility index (Phi) is 4.12. The van der Waals surface area contributed by atoms with Gasteiger partial charge >= 0.3 is 5.97 Å². The summed E-state index contributed by atoms with van der Waals surface area (Å²) < 4.78 is 0.861. The first-order valence-corrected chi connectivity index (χ1v) is 6.86. The van der Waals surface area contributed by atoms with E-state index in [0.29, 0.717) is 6.42 Å². The van der Waals surface area contributed by atoms with Gasteiger partial charge in [0, 0.05) is 15.9 Å². The van der Waals surface area contributed by atoms with Crippen molar-refractivity contribution < 1.29 is 9.90 Å². The molecule has 0 saturated heterocycles. The maximum absolute atomic E-state index is 10.5. The minimum absolute atomic E-state index is 0.160. The topological polar surface area (TPSA) is 63.1 Å². The maximum Gasteiger partial charge on any atom is 0.303 e. The van der Waals surface area contributed by atoms with Crippen molar-refractivity contribution in [1.82, 2.24) is 10.2 Å². The number of benzene rings is 1. The molecule has 0 amide bonds. The zero-order chi connectivity index (χ0) is 13.1. The Bertz CT molecular complexity index is 583. The van der Waals surface area contributed by atoms with Gasteiger partial charge < -0.3 is 5.11 Å². The van der Waals surface area contributed by atoms with Crippen LogP contribution in [-0.4, -0.2) is 37.6 Å². The first-order chi connectivity index (χ1) is 8.56. The molecule has 18 heavy (non-hydrogen) atoms. The molecular weight excluding hydrogens is 263 g/mol. The van der Waals surface area contributed by atoms with Crippen molar-refractivity contribution in [2.75, 3.05) is 0 Å². The minimum atomic E-state index is -0.770. The number of carboxylic acid groups (broad SMARTS) is 1. The van der Waals surface area contributed by atoms with Gasteiger partial charge in [0.25, 0.3) is 0 Å². The van der Waals surface area contributed by atoms with Crippen molar-refractivity contribution in [3.8, 4) is 10.6 Å². The third-order valence-corrected chi connectivity index (χ3v) is 3.84. The van der Waals surface area contributed by atoms with Crippen LogP contribution in [0.3, 0.4) is 0 Å². The maximum atomic E-state index is 10.5. The molecule has 0 spiro atoms. The lowest BCUT2D eigenvalue weighted by Gasteiger charge is -2.05. The van der Waals surface area contributed by atoms with Gasteiger partial charge in [0.2, 0.25) is 16.3 Å². The molecule has 0 atom stereocenters. The Labute approximate surface area is 117 Å². The van der Waals surface area contributed by atoms with Crippen LogP contribution in [0.25, 0.3) is 10.6 Å². The fourth-order valence-corrected chi connectivity index (χ4v) is 2.81. The van der Waals surface area contributed by atoms with E-state index in [0.717, 1.165) is 25.6 Å². The summed E-state index contributed by atoms with van der Waals surface area (Å²) in [6.45, 7) is 2.00. The summed E-state index contributed by atoms with van der Waals surface area (Å²) in [5.41, 5.74) is 3.19. The molecule has 0 unspecified atom stereocenters. The number of carbonyl (C=O) groups is 1. The third-order valence-electron chi connectivity index (χ3n) is 2.59. The lowest BCUT2D eigenvalue weighted by Crippen LogP contribution is -1.98. The second-order valence-electron chi connectivity index (χ2n) is 3.99. The van der Waals surface area contributed by atoms with E-state index in [9.17, 15) is 4.79 Å². The van der Waals surface area contributed by atoms with Crippen LogP contribution in [0, 0.1) is 6.92 Å². The van der Waals surface area contributed by atoms with Gasteiger partial charge in [0.05, 0.1) is 0 Å². The van der Waals surface area contributed by atoms with E-state index >= 15 is 0 Å². The highest BCUT2D eigenvalue weighted by atomic mass is 32.1. The van der Waals surface area contributed by atoms with E-state index in [1.165, 1.54) is 11.3 Å². The molecule has 2 radical (unpaired) electrons. The van der Waals surface area contributed by atoms with Crippen LogP contribution in [0.1, 0.15) is 17.5 Å². The van der Waals surface area contributed by atoms with E-state index < -0.39 is 5.97 Å². The van der Waals surface area contributed by atoms with Gasteiger partial charge in [0.15, 0.2) is 0 Å². The minimum Gasteiger partial charge on any atom is -0.481 e. The summed E-state index contributed by atoms with van der Waals surface area (Å²) in [4.78, 5) is 10.5. The number of aliphatic carboxylic acids is 1. The van der Waals surface area contributed by atoms with Gasteiger partial charge in [-0.1, -0.05) is 18.2 Å². The lowest BCUT2D eigenvalue weighted by atomic mass is 10.0. The fourth-order valence-electron chi connectivity index (χ4n) is 1.72. The second kappa shape index (κ2) is 5.62. The molecule has 1 N–H and O–H groups in total. The molecule has 0 aliphatic carbocycles. The smallest absolute Gasteiger partial charge is 0.303 e. The Balaban J connectivity index is 2.22. The quantitative estimate of drug-likeness (QED) is 0.854. The van der Waals surface area contributed by atoms with Gasteiger partial charge in [-0.25, -0.2) is 0 Å². The molecule has 6 heteroatoms. The van der Waals surface area contributed by atoms with Crippen molar-refractivity contribution in [3.05, 3.63) is 29.3 Å². The van der Waals surface area contributed by atoms with Crippen molar-refractivity contribution in [2.24, 2.45) is 0 Å². The summed E-state index contributed by atoms with van der Waals surface area (Å²) in [6, 6.07) is 5.95. The zero-order valence-electron chi connectivity index (χ0n) is 9.88. The highest BCUT2D eigenvalue weighted by Crippen LogP contribution is 2.24. The number of hydrogen-bond acceptors (Lipinski definition) is 4. The Morgan fingerprint density at radius 3 is 2.78 bits per heavy atom. The first kappa shape index (κ1) is 13.2. The highest BCUT2D eigenvalue weighted by molar-refractivity contribution is 7.22. The van der Waals surface area contributed by atoms with Gasteiger partial charge in [0.1, 0.15) is 5.01 Å². The Morgan fingerprint density at radius 2 is 2.22 bits per heavy atom. The second-order valence-corrected chi connectivity index (χ2v) is 5.96. The van der Waals surface area contributed by atoms with Crippen LogP contribution in [0.4, 0.5) is 0 Å². The van der Waals surface area contributed by atoms with Crippen molar-refractivity contribution in [3.63, 3.8) is 0 Å². The number of carboxylic acids is 1. The highest BCUT2D eigenvalue weighted by Gasteiger charge is 2.08. The summed E-state index contributed by atoms with van der Waals surface area (Å²) in [6.07, 6.45) is 0.717. The summed E-state index contributed by atoms with van der Waals surface area (Å²) in [5, 5.41) is 17.6. The van der Waals surface area contributed by atoms with Gasteiger partial charge in [-0.3, -0.25) is 4.79 Å². The third kappa shape index (κ3) is 3.17. The van der Waals surface area contributed by atoms with Gasteiger partial charge in [-0.05, 0) is 24.5 Å². The van der Waals surface area contributed by atoms with Crippen LogP contribution >= 0.6 is 11.3 Å². The van der Waals surface area contributed by atoms with Crippen LogP contribution in [0.15, 0.2) is 18.2 Å². The molecule has 90 valence electrons. The first-order valence-electron chi connectivity index (χ1n) is 5.47. The molecule has 0 aliphatic heterocycles. The normalized spacial score (nSPS) is 10.5. The van der Waals surface area contributed by atoms with Gasteiger partial charge in [-0.15, -0.1) is 16.4 Å². The van der Waals surface area contributed by atoms with Crippen molar-refractivity contribution >= 4 is 37.5 Å².